The second-order valence-electron chi connectivity index (χ2n) is 29.8. The van der Waals surface area contributed by atoms with E-state index in [0.717, 1.165) is 11.4 Å². The first-order valence-electron chi connectivity index (χ1n) is 39.3. The van der Waals surface area contributed by atoms with Crippen molar-refractivity contribution in [3.05, 3.63) is 437 Å². The smallest absolute Gasteiger partial charge is 0.0547 e. The summed E-state index contributed by atoms with van der Waals surface area (Å²) in [6.45, 7) is 0. The van der Waals surface area contributed by atoms with Gasteiger partial charge in [0.05, 0.1) is 55.5 Å². The molecular weight excluding hydrogens is 1380 g/mol. The normalized spacial score (nSPS) is 11.7. The zero-order chi connectivity index (χ0) is 75.2. The van der Waals surface area contributed by atoms with Crippen LogP contribution in [0, 0.1) is 0 Å². The van der Waals surface area contributed by atoms with E-state index < -0.39 is 0 Å². The first kappa shape index (κ1) is 65.9. The number of para-hydroxylation sites is 6. The van der Waals surface area contributed by atoms with Gasteiger partial charge in [-0.1, -0.05) is 328 Å². The molecule has 532 valence electrons. The third-order valence-electron chi connectivity index (χ3n) is 23.4. The number of fused-ring (bicyclic) bond motifs is 14. The van der Waals surface area contributed by atoms with Crippen LogP contribution in [0.1, 0.15) is 0 Å². The van der Waals surface area contributed by atoms with Gasteiger partial charge in [0, 0.05) is 65.6 Å². The maximum Gasteiger partial charge on any atom is 0.0547 e. The molecule has 23 aromatic rings. The Morgan fingerprint density at radius 3 is 0.904 bits per heavy atom. The minimum Gasteiger partial charge on any atom is -0.309 e. The fourth-order valence-corrected chi connectivity index (χ4v) is 18.2. The molecule has 19 aromatic carbocycles. The largest absolute Gasteiger partial charge is 0.309 e. The van der Waals surface area contributed by atoms with Crippen molar-refractivity contribution in [1.82, 2.24) is 18.3 Å². The van der Waals surface area contributed by atoms with E-state index in [9.17, 15) is 0 Å². The standard InChI is InChI=1S/C56H36N2.C54H36N2/c1-2-15-37(16-3-1)44-21-8-11-26-51(44)58-53-28-13-9-24-47(53)49-31-29-39(36-55(49)58)38-30-32-54-50(35-38)48-25-10-12-27-52(48)57(54)43-20-14-19-42(34-43)56-45-22-6-4-17-40(45)33-41-18-5-7-23-46(41)56;1-3-15-37(16-4-1)39-19-13-20-40(33-39)41-21-14-22-44(34-41)55-51-27-11-9-25-47(51)49-35-42(30-32-53(49)55)43-29-31-48-46-24-8-12-28-52(46)56(54(48)36-43)50-26-10-7-23-45(50)38-17-5-2-6-18-38/h1-36H;1-36H. The minimum absolute atomic E-state index is 1.15. The van der Waals surface area contributed by atoms with Crippen LogP contribution < -0.4 is 0 Å². The van der Waals surface area contributed by atoms with Crippen molar-refractivity contribution >= 4 is 109 Å². The molecule has 0 aliphatic heterocycles. The molecule has 4 aromatic heterocycles. The number of hydrogen-bond donors (Lipinski definition) is 0. The number of hydrogen-bond acceptors (Lipinski definition) is 0. The molecule has 0 aliphatic rings. The molecule has 0 radical (unpaired) electrons. The molecule has 4 heterocycles. The van der Waals surface area contributed by atoms with Gasteiger partial charge >= 0.3 is 0 Å². The molecule has 4 nitrogen and oxygen atoms in total. The van der Waals surface area contributed by atoms with Gasteiger partial charge in [-0.2, -0.15) is 0 Å². The Hall–Kier alpha value is -15.1. The zero-order valence-electron chi connectivity index (χ0n) is 62.4. The number of aromatic nitrogens is 4. The van der Waals surface area contributed by atoms with Crippen molar-refractivity contribution in [2.75, 3.05) is 0 Å². The van der Waals surface area contributed by atoms with Gasteiger partial charge in [0.15, 0.2) is 0 Å². The summed E-state index contributed by atoms with van der Waals surface area (Å²) in [5.41, 5.74) is 31.2. The quantitative estimate of drug-likeness (QED) is 0.115. The molecule has 0 amide bonds. The van der Waals surface area contributed by atoms with Crippen LogP contribution in [0.25, 0.3) is 209 Å². The Bertz CT molecular complexity index is 7670. The van der Waals surface area contributed by atoms with E-state index in [1.165, 1.54) is 198 Å². The van der Waals surface area contributed by atoms with E-state index in [-0.39, 0.29) is 0 Å². The summed E-state index contributed by atoms with van der Waals surface area (Å²) in [7, 11) is 0. The summed E-state index contributed by atoms with van der Waals surface area (Å²) in [6, 6.07) is 159. The highest BCUT2D eigenvalue weighted by Crippen LogP contribution is 2.45. The number of rotatable bonds is 11. The second kappa shape index (κ2) is 27.5. The van der Waals surface area contributed by atoms with Gasteiger partial charge in [0.1, 0.15) is 0 Å². The lowest BCUT2D eigenvalue weighted by Gasteiger charge is -2.15. The van der Waals surface area contributed by atoms with Gasteiger partial charge in [-0.3, -0.25) is 0 Å². The highest BCUT2D eigenvalue weighted by atomic mass is 15.0. The molecule has 0 saturated heterocycles. The molecule has 23 rings (SSSR count). The van der Waals surface area contributed by atoms with Gasteiger partial charge in [-0.05, 0) is 198 Å². The van der Waals surface area contributed by atoms with Gasteiger partial charge < -0.3 is 18.3 Å². The summed E-state index contributed by atoms with van der Waals surface area (Å²) < 4.78 is 9.75. The Kier molecular flexibility index (Phi) is 15.9. The maximum absolute atomic E-state index is 2.45. The van der Waals surface area contributed by atoms with Gasteiger partial charge in [-0.15, -0.1) is 0 Å². The van der Waals surface area contributed by atoms with E-state index in [1.807, 2.05) is 0 Å². The Morgan fingerprint density at radius 1 is 0.132 bits per heavy atom. The van der Waals surface area contributed by atoms with Crippen molar-refractivity contribution in [1.29, 1.82) is 0 Å². The fraction of sp³-hybridized carbons (Fsp3) is 0. The molecule has 4 heteroatoms. The molecule has 0 saturated carbocycles. The summed E-state index contributed by atoms with van der Waals surface area (Å²) in [4.78, 5) is 0. The van der Waals surface area contributed by atoms with Crippen molar-refractivity contribution in [2.24, 2.45) is 0 Å². The summed E-state index contributed by atoms with van der Waals surface area (Å²) in [5.74, 6) is 0. The molecule has 0 N–H and O–H groups in total. The maximum atomic E-state index is 2.45. The van der Waals surface area contributed by atoms with Crippen LogP contribution in [-0.2, 0) is 0 Å². The van der Waals surface area contributed by atoms with Crippen LogP contribution in [-0.4, -0.2) is 18.3 Å². The average molecular weight is 1450 g/mol. The topological polar surface area (TPSA) is 19.7 Å². The van der Waals surface area contributed by atoms with Crippen LogP contribution in [0.15, 0.2) is 437 Å². The minimum atomic E-state index is 1.15. The first-order valence-corrected chi connectivity index (χ1v) is 39.3. The molecule has 0 unspecified atom stereocenters. The molecule has 0 fully saturated rings. The van der Waals surface area contributed by atoms with Crippen LogP contribution >= 0.6 is 0 Å². The van der Waals surface area contributed by atoms with Crippen LogP contribution in [0.5, 0.6) is 0 Å². The number of benzene rings is 19. The lowest BCUT2D eigenvalue weighted by atomic mass is 9.92. The third kappa shape index (κ3) is 11.1. The van der Waals surface area contributed by atoms with Crippen molar-refractivity contribution in [2.45, 2.75) is 0 Å². The fourth-order valence-electron chi connectivity index (χ4n) is 18.2. The van der Waals surface area contributed by atoms with E-state index in [2.05, 4.69) is 455 Å². The lowest BCUT2D eigenvalue weighted by Crippen LogP contribution is -1.97. The predicted octanol–water partition coefficient (Wildman–Crippen LogP) is 29.7. The Labute approximate surface area is 660 Å². The van der Waals surface area contributed by atoms with Crippen LogP contribution in [0.4, 0.5) is 0 Å². The van der Waals surface area contributed by atoms with Gasteiger partial charge in [-0.25, -0.2) is 0 Å². The van der Waals surface area contributed by atoms with Crippen LogP contribution in [0.3, 0.4) is 0 Å². The van der Waals surface area contributed by atoms with E-state index in [1.54, 1.807) is 0 Å². The molecule has 0 bridgehead atoms. The Balaban J connectivity index is 0.000000139. The monoisotopic (exact) mass is 1450 g/mol. The van der Waals surface area contributed by atoms with E-state index in [0.29, 0.717) is 0 Å². The average Bonchev–Trinajstić information content (AvgIpc) is 1.61. The molecule has 0 aliphatic carbocycles. The second-order valence-corrected chi connectivity index (χ2v) is 29.8. The summed E-state index contributed by atoms with van der Waals surface area (Å²) >= 11 is 0. The summed E-state index contributed by atoms with van der Waals surface area (Å²) in [6.07, 6.45) is 0. The van der Waals surface area contributed by atoms with Crippen molar-refractivity contribution < 1.29 is 0 Å². The van der Waals surface area contributed by atoms with E-state index in [4.69, 9.17) is 0 Å². The SMILES string of the molecule is c1ccc(-c2cccc(-c3cccc(-n4c5ccccc5c5cc(-c6ccc7c8ccccc8n(-c8ccccc8-c8ccccc8)c7c6)ccc54)c3)c2)cc1.c1ccc(-c2ccccc2-n2c3ccccc3c3ccc(-c4ccc5c(c4)c4ccccc4n5-c4cccc(-c5c6ccccc6cc6ccccc56)c4)cc32)cc1. The number of nitrogens with zero attached hydrogens (tertiary/aromatic N) is 4. The first-order chi connectivity index (χ1) is 56.6. The predicted molar refractivity (Wildman–Crippen MR) is 483 cm³/mol. The Morgan fingerprint density at radius 2 is 0.430 bits per heavy atom. The zero-order valence-corrected chi connectivity index (χ0v) is 62.4. The highest BCUT2D eigenvalue weighted by Gasteiger charge is 2.23. The van der Waals surface area contributed by atoms with Crippen molar-refractivity contribution in [3.8, 4) is 101 Å². The highest BCUT2D eigenvalue weighted by molar-refractivity contribution is 6.17. The summed E-state index contributed by atoms with van der Waals surface area (Å²) in [5, 5.41) is 15.0. The van der Waals surface area contributed by atoms with Gasteiger partial charge in [0.25, 0.3) is 0 Å². The lowest BCUT2D eigenvalue weighted by molar-refractivity contribution is 1.18. The third-order valence-corrected chi connectivity index (χ3v) is 23.4. The van der Waals surface area contributed by atoms with E-state index >= 15 is 0 Å². The molecule has 0 spiro atoms. The molecular formula is C110H72N4. The van der Waals surface area contributed by atoms with Crippen molar-refractivity contribution in [3.63, 3.8) is 0 Å². The van der Waals surface area contributed by atoms with Crippen LogP contribution in [0.2, 0.25) is 0 Å². The molecule has 114 heavy (non-hydrogen) atoms. The molecule has 0 atom stereocenters. The van der Waals surface area contributed by atoms with Gasteiger partial charge in [0.2, 0.25) is 0 Å².